The van der Waals surface area contributed by atoms with Gasteiger partial charge in [-0.1, -0.05) is 17.4 Å². The summed E-state index contributed by atoms with van der Waals surface area (Å²) >= 11 is 1.37. The molecule has 0 saturated carbocycles. The van der Waals surface area contributed by atoms with Gasteiger partial charge in [-0.25, -0.2) is 14.5 Å². The molecule has 1 N–H and O–H groups in total. The van der Waals surface area contributed by atoms with E-state index < -0.39 is 12.0 Å². The van der Waals surface area contributed by atoms with E-state index in [1.54, 1.807) is 13.8 Å². The molecule has 1 aromatic carbocycles. The zero-order chi connectivity index (χ0) is 21.8. The van der Waals surface area contributed by atoms with Crippen molar-refractivity contribution in [2.75, 3.05) is 5.32 Å². The number of hydrogen-bond acceptors (Lipinski definition) is 6. The Morgan fingerprint density at radius 1 is 1.13 bits per heavy atom. The minimum Gasteiger partial charge on any atom is -0.302 e. The number of aryl methyl sites for hydroxylation is 4. The Labute approximate surface area is 173 Å². The molecule has 0 bridgehead atoms. The molecule has 0 atom stereocenters. The Balaban J connectivity index is 1.62. The van der Waals surface area contributed by atoms with E-state index >= 15 is 0 Å². The first-order chi connectivity index (χ1) is 14.0. The largest absolute Gasteiger partial charge is 0.453 e. The third-order valence-electron chi connectivity index (χ3n) is 4.72. The number of amides is 1. The van der Waals surface area contributed by atoms with Crippen LogP contribution < -0.4 is 5.32 Å². The van der Waals surface area contributed by atoms with Crippen LogP contribution in [0.4, 0.5) is 18.3 Å². The van der Waals surface area contributed by atoms with Crippen molar-refractivity contribution in [3.63, 3.8) is 0 Å². The predicted molar refractivity (Wildman–Crippen MR) is 107 cm³/mol. The number of halogens is 3. The average Bonchev–Trinajstić information content (AvgIpc) is 3.22. The fraction of sp³-hybridized carbons (Fsp3) is 0.316. The van der Waals surface area contributed by atoms with E-state index in [-0.39, 0.29) is 18.1 Å². The number of benzene rings is 1. The van der Waals surface area contributed by atoms with Crippen LogP contribution in [-0.4, -0.2) is 30.5 Å². The molecule has 7 nitrogen and oxygen atoms in total. The lowest BCUT2D eigenvalue weighted by Gasteiger charge is -2.09. The Morgan fingerprint density at radius 3 is 2.57 bits per heavy atom. The fourth-order valence-electron chi connectivity index (χ4n) is 3.33. The highest BCUT2D eigenvalue weighted by Crippen LogP contribution is 2.30. The topological polar surface area (TPSA) is 85.1 Å². The summed E-state index contributed by atoms with van der Waals surface area (Å²) < 4.78 is 40.7. The van der Waals surface area contributed by atoms with E-state index in [0.29, 0.717) is 22.1 Å². The maximum absolute atomic E-state index is 12.9. The normalized spacial score (nSPS) is 12.1. The highest BCUT2D eigenvalue weighted by atomic mass is 32.1. The van der Waals surface area contributed by atoms with Gasteiger partial charge in [0.25, 0.3) is 11.6 Å². The summed E-state index contributed by atoms with van der Waals surface area (Å²) in [6, 6.07) is 4.03. The Kier molecular flexibility index (Phi) is 4.72. The van der Waals surface area contributed by atoms with Crippen molar-refractivity contribution in [2.45, 2.75) is 40.3 Å². The second kappa shape index (κ2) is 7.01. The number of anilines is 1. The van der Waals surface area contributed by atoms with Gasteiger partial charge in [-0.15, -0.1) is 5.10 Å². The average molecular weight is 434 g/mol. The monoisotopic (exact) mass is 434 g/mol. The summed E-state index contributed by atoms with van der Waals surface area (Å²) in [5.41, 5.74) is 4.26. The second-order valence-electron chi connectivity index (χ2n) is 7.08. The first kappa shape index (κ1) is 20.2. The van der Waals surface area contributed by atoms with Crippen molar-refractivity contribution in [3.05, 3.63) is 46.0 Å². The molecule has 3 aromatic heterocycles. The molecule has 0 unspecified atom stereocenters. The number of carbonyl (C=O) groups excluding carboxylic acids is 1. The van der Waals surface area contributed by atoms with E-state index in [9.17, 15) is 18.0 Å². The van der Waals surface area contributed by atoms with Gasteiger partial charge in [-0.05, 0) is 44.9 Å². The Hall–Kier alpha value is -3.08. The lowest BCUT2D eigenvalue weighted by Crippen LogP contribution is -2.17. The summed E-state index contributed by atoms with van der Waals surface area (Å²) in [5, 5.41) is 6.74. The molecule has 0 aliphatic rings. The zero-order valence-corrected chi connectivity index (χ0v) is 17.4. The van der Waals surface area contributed by atoms with Gasteiger partial charge < -0.3 is 5.32 Å². The van der Waals surface area contributed by atoms with Crippen molar-refractivity contribution < 1.29 is 18.0 Å². The zero-order valence-electron chi connectivity index (χ0n) is 16.5. The van der Waals surface area contributed by atoms with Gasteiger partial charge in [0.1, 0.15) is 0 Å². The maximum Gasteiger partial charge on any atom is 0.453 e. The summed E-state index contributed by atoms with van der Waals surface area (Å²) in [7, 11) is 0. The van der Waals surface area contributed by atoms with Crippen LogP contribution >= 0.6 is 11.3 Å². The smallest absolute Gasteiger partial charge is 0.302 e. The third-order valence-corrected chi connectivity index (χ3v) is 5.63. The third kappa shape index (κ3) is 3.60. The van der Waals surface area contributed by atoms with E-state index in [1.807, 2.05) is 26.0 Å². The van der Waals surface area contributed by atoms with E-state index in [2.05, 4.69) is 25.4 Å². The first-order valence-electron chi connectivity index (χ1n) is 9.00. The molecule has 156 valence electrons. The van der Waals surface area contributed by atoms with Crippen LogP contribution in [0.1, 0.15) is 33.9 Å². The van der Waals surface area contributed by atoms with Crippen LogP contribution in [0.3, 0.4) is 0 Å². The quantitative estimate of drug-likeness (QED) is 0.523. The molecule has 30 heavy (non-hydrogen) atoms. The molecule has 0 spiro atoms. The van der Waals surface area contributed by atoms with Crippen LogP contribution in [0.5, 0.6) is 0 Å². The van der Waals surface area contributed by atoms with Crippen LogP contribution in [0.25, 0.3) is 16.0 Å². The van der Waals surface area contributed by atoms with Gasteiger partial charge >= 0.3 is 6.18 Å². The first-order valence-corrected chi connectivity index (χ1v) is 9.82. The number of hydrogen-bond donors (Lipinski definition) is 1. The molecular weight excluding hydrogens is 417 g/mol. The van der Waals surface area contributed by atoms with E-state index in [0.717, 1.165) is 25.9 Å². The molecule has 3 heterocycles. The van der Waals surface area contributed by atoms with Gasteiger partial charge in [-0.3, -0.25) is 4.79 Å². The van der Waals surface area contributed by atoms with Gasteiger partial charge in [0.05, 0.1) is 16.6 Å². The molecule has 11 heteroatoms. The summed E-state index contributed by atoms with van der Waals surface area (Å²) in [6.07, 6.45) is -4.75. The molecule has 1 amide bonds. The minimum absolute atomic E-state index is 0.0737. The van der Waals surface area contributed by atoms with Crippen LogP contribution in [0.15, 0.2) is 12.1 Å². The number of nitrogens with zero attached hydrogens (tertiary/aromatic N) is 5. The number of aromatic nitrogens is 5. The van der Waals surface area contributed by atoms with Crippen molar-refractivity contribution >= 4 is 38.4 Å². The van der Waals surface area contributed by atoms with Crippen LogP contribution in [0.2, 0.25) is 0 Å². The number of rotatable bonds is 3. The van der Waals surface area contributed by atoms with Gasteiger partial charge in [0.2, 0.25) is 5.91 Å². The van der Waals surface area contributed by atoms with Crippen LogP contribution in [-0.2, 0) is 17.4 Å². The lowest BCUT2D eigenvalue weighted by atomic mass is 10.1. The molecule has 4 aromatic rings. The molecule has 0 saturated heterocycles. The summed E-state index contributed by atoms with van der Waals surface area (Å²) in [6.45, 7) is 7.17. The van der Waals surface area contributed by atoms with Crippen molar-refractivity contribution in [2.24, 2.45) is 0 Å². The van der Waals surface area contributed by atoms with Crippen molar-refractivity contribution in [1.82, 2.24) is 24.6 Å². The van der Waals surface area contributed by atoms with E-state index in [4.69, 9.17) is 0 Å². The van der Waals surface area contributed by atoms with Gasteiger partial charge in [0.15, 0.2) is 5.13 Å². The molecule has 0 fully saturated rings. The molecule has 0 radical (unpaired) electrons. The van der Waals surface area contributed by atoms with Gasteiger partial charge in [-0.2, -0.15) is 18.2 Å². The number of thiazole rings is 1. The number of alkyl halides is 3. The SMILES string of the molecule is Cc1cc(C)c2nc(NC(=O)Cc3c(C)nc4nc(C(F)(F)F)nn4c3C)sc2c1. The van der Waals surface area contributed by atoms with Crippen molar-refractivity contribution in [1.29, 1.82) is 0 Å². The molecule has 4 rings (SSSR count). The Bertz CT molecular complexity index is 1310. The number of carbonyl (C=O) groups is 1. The Morgan fingerprint density at radius 2 is 1.87 bits per heavy atom. The highest BCUT2D eigenvalue weighted by molar-refractivity contribution is 7.22. The lowest BCUT2D eigenvalue weighted by molar-refractivity contribution is -0.144. The summed E-state index contributed by atoms with van der Waals surface area (Å²) in [5.74, 6) is -1.76. The second-order valence-corrected chi connectivity index (χ2v) is 8.11. The summed E-state index contributed by atoms with van der Waals surface area (Å²) in [4.78, 5) is 24.6. The molecular formula is C19H17F3N6OS. The van der Waals surface area contributed by atoms with E-state index in [1.165, 1.54) is 11.3 Å². The fourth-order valence-corrected chi connectivity index (χ4v) is 4.39. The number of fused-ring (bicyclic) bond motifs is 2. The van der Waals surface area contributed by atoms with Gasteiger partial charge in [0, 0.05) is 17.0 Å². The van der Waals surface area contributed by atoms with Crippen molar-refractivity contribution in [3.8, 4) is 0 Å². The molecule has 0 aliphatic carbocycles. The molecule has 0 aliphatic heterocycles. The minimum atomic E-state index is -4.67. The standard InChI is InChI=1S/C19H17F3N6OS/c1-8-5-9(2)15-13(6-8)30-18(25-15)24-14(29)7-12-10(3)23-17-26-16(19(20,21)22)27-28(17)11(12)4/h5-6H,7H2,1-4H3,(H,24,25,29). The predicted octanol–water partition coefficient (Wildman–Crippen LogP) is 4.17. The number of nitrogens with one attached hydrogen (secondary N) is 1. The highest BCUT2D eigenvalue weighted by Gasteiger charge is 2.37. The maximum atomic E-state index is 12.9. The van der Waals surface area contributed by atoms with Crippen LogP contribution in [0, 0.1) is 27.7 Å².